The summed E-state index contributed by atoms with van der Waals surface area (Å²) in [5.41, 5.74) is -7.99. The molecule has 3 saturated carbocycles. The number of alkyl halides is 1. The molecule has 0 amide bonds. The molecule has 4 N–H and O–H groups in total. The zero-order valence-electron chi connectivity index (χ0n) is 34.8. The van der Waals surface area contributed by atoms with Gasteiger partial charge in [0.1, 0.15) is 30.5 Å². The zero-order chi connectivity index (χ0) is 43.7. The lowest BCUT2D eigenvalue weighted by atomic mass is 9.44. The SMILES string of the molecule is C[C@@H]1C[C@H]2[C@@H]3CCC4=CC(=O)C=C[C@]4(C)[C@@]3(F)[C@@H](O)C[C@]2(C)[C@@]1(O)C(=O)COP(=O)(OCCC#N)O[C@@H]1C(O[Si](C)(C)C(C)(C)C)[C@H](n2ccc(=O)[nH]c2=O)O[C@@H]1CO. The highest BCUT2D eigenvalue weighted by atomic mass is 31.2. The van der Waals surface area contributed by atoms with E-state index < -0.39 is 129 Å². The standard InChI is InChI=1S/C40H57FN3O13PSi/c1-23-18-27-26-11-10-24-19-25(46)12-14-37(24,5)39(26,41)29(47)20-38(27,6)40(23,51)30(48)22-54-58(52,53-17-9-15-42)56-32-28(21-45)55-34(44-16-13-31(49)43-35(44)50)33(32)57-59(7,8)36(2,3)4/h12-14,16,19,23,26-29,32-34,45,47,51H,9-11,17-18,20-22H2,1-8H3,(H,43,49,50)/t23-,26+,27+,28-,29+,32+,33?,34-,37+,38+,39+,40+,58?/m1/s1. The average molecular weight is 866 g/mol. The molecule has 1 aromatic rings. The summed E-state index contributed by atoms with van der Waals surface area (Å²) in [7, 11) is -7.75. The third-order valence-corrected chi connectivity index (χ3v) is 20.5. The van der Waals surface area contributed by atoms with Gasteiger partial charge < -0.3 is 24.5 Å². The van der Waals surface area contributed by atoms with Crippen LogP contribution in [0.4, 0.5) is 4.39 Å². The number of ether oxygens (including phenoxy) is 1. The molecule has 0 bridgehead atoms. The van der Waals surface area contributed by atoms with Crippen molar-refractivity contribution in [2.75, 3.05) is 19.8 Å². The highest BCUT2D eigenvalue weighted by Gasteiger charge is 2.75. The molecule has 4 aliphatic carbocycles. The molecule has 0 spiro atoms. The minimum atomic E-state index is -4.94. The molecule has 16 nitrogen and oxygen atoms in total. The number of fused-ring (bicyclic) bond motifs is 5. The number of carbonyl (C=O) groups excluding carboxylic acids is 2. The fraction of sp³-hybridized carbons (Fsp3) is 0.725. The van der Waals surface area contributed by atoms with Gasteiger partial charge in [-0.25, -0.2) is 13.8 Å². The maximum Gasteiger partial charge on any atom is 0.475 e. The third-order valence-electron chi connectivity index (χ3n) is 14.5. The van der Waals surface area contributed by atoms with E-state index in [1.165, 1.54) is 24.4 Å². The molecule has 6 rings (SSSR count). The number of hydrogen-bond donors (Lipinski definition) is 4. The van der Waals surface area contributed by atoms with Crippen molar-refractivity contribution < 1.29 is 56.6 Å². The van der Waals surface area contributed by atoms with Crippen LogP contribution in [0.15, 0.2) is 45.7 Å². The largest absolute Gasteiger partial charge is 0.475 e. The van der Waals surface area contributed by atoms with Crippen molar-refractivity contribution in [1.82, 2.24) is 9.55 Å². The first kappa shape index (κ1) is 45.6. The maximum atomic E-state index is 17.7. The van der Waals surface area contributed by atoms with Crippen LogP contribution in [-0.2, 0) is 36.9 Å². The number of phosphoric ester groups is 1. The van der Waals surface area contributed by atoms with Gasteiger partial charge in [0.25, 0.3) is 5.56 Å². The molecule has 59 heavy (non-hydrogen) atoms. The topological polar surface area (TPSA) is 237 Å². The van der Waals surface area contributed by atoms with Gasteiger partial charge in [-0.3, -0.25) is 37.5 Å². The predicted octanol–water partition coefficient (Wildman–Crippen LogP) is 4.17. The van der Waals surface area contributed by atoms with Crippen LogP contribution in [0, 0.1) is 39.9 Å². The Morgan fingerprint density at radius 1 is 1.19 bits per heavy atom. The summed E-state index contributed by atoms with van der Waals surface area (Å²) in [6.07, 6.45) is -1.22. The Morgan fingerprint density at radius 3 is 2.51 bits per heavy atom. The summed E-state index contributed by atoms with van der Waals surface area (Å²) in [5.74, 6) is -3.31. The Labute approximate surface area is 343 Å². The average Bonchev–Trinajstić information content (AvgIpc) is 3.57. The monoisotopic (exact) mass is 865 g/mol. The number of aliphatic hydroxyl groups is 3. The molecule has 4 fully saturated rings. The molecule has 0 aromatic carbocycles. The Kier molecular flexibility index (Phi) is 12.2. The van der Waals surface area contributed by atoms with Gasteiger partial charge in [-0.2, -0.15) is 5.26 Å². The van der Waals surface area contributed by atoms with Crippen molar-refractivity contribution in [2.45, 2.75) is 134 Å². The van der Waals surface area contributed by atoms with Gasteiger partial charge in [-0.15, -0.1) is 0 Å². The summed E-state index contributed by atoms with van der Waals surface area (Å²) in [5, 5.41) is 43.7. The first-order valence-electron chi connectivity index (χ1n) is 20.1. The van der Waals surface area contributed by atoms with Gasteiger partial charge in [0.15, 0.2) is 31.8 Å². The minimum absolute atomic E-state index is 0.224. The molecule has 1 aliphatic heterocycles. The lowest BCUT2D eigenvalue weighted by Gasteiger charge is -2.62. The first-order valence-corrected chi connectivity index (χ1v) is 24.5. The third kappa shape index (κ3) is 7.36. The number of Topliss-reactive ketones (excluding diaryl/α,β-unsaturated/α-hetero) is 1. The van der Waals surface area contributed by atoms with Crippen LogP contribution in [0.2, 0.25) is 18.1 Å². The van der Waals surface area contributed by atoms with E-state index in [9.17, 15) is 44.3 Å². The molecule has 13 atom stereocenters. The predicted molar refractivity (Wildman–Crippen MR) is 212 cm³/mol. The summed E-state index contributed by atoms with van der Waals surface area (Å²) >= 11 is 0. The van der Waals surface area contributed by atoms with Crippen molar-refractivity contribution in [1.29, 1.82) is 5.26 Å². The number of ketones is 2. The number of aromatic amines is 1. The van der Waals surface area contributed by atoms with Gasteiger partial charge >= 0.3 is 13.5 Å². The van der Waals surface area contributed by atoms with Crippen molar-refractivity contribution in [3.8, 4) is 6.07 Å². The molecule has 2 heterocycles. The van der Waals surface area contributed by atoms with E-state index in [0.717, 1.165) is 10.6 Å². The molecule has 0 radical (unpaired) electrons. The Hall–Kier alpha value is -2.95. The van der Waals surface area contributed by atoms with Crippen LogP contribution in [-0.4, -0.2) is 100 Å². The molecule has 5 aliphatic rings. The Bertz CT molecular complexity index is 2110. The number of nitriles is 1. The van der Waals surface area contributed by atoms with E-state index in [-0.39, 0.29) is 31.5 Å². The number of nitrogens with zero attached hydrogens (tertiary/aromatic N) is 2. The van der Waals surface area contributed by atoms with E-state index in [1.54, 1.807) is 20.8 Å². The summed E-state index contributed by atoms with van der Waals surface area (Å²) < 4.78 is 63.6. The molecular formula is C40H57FN3O13PSi. The number of H-pyrrole nitrogens is 1. The second-order valence-electron chi connectivity index (χ2n) is 18.7. The second kappa shape index (κ2) is 15.7. The van der Waals surface area contributed by atoms with Gasteiger partial charge in [0.05, 0.1) is 31.8 Å². The van der Waals surface area contributed by atoms with E-state index in [0.29, 0.717) is 12.0 Å². The number of rotatable bonds is 13. The molecular weight excluding hydrogens is 809 g/mol. The van der Waals surface area contributed by atoms with E-state index in [4.69, 9.17) is 22.7 Å². The Balaban J connectivity index is 1.30. The quantitative estimate of drug-likeness (QED) is 0.124. The number of allylic oxidation sites excluding steroid dienone is 4. The van der Waals surface area contributed by atoms with Crippen LogP contribution in [0.5, 0.6) is 0 Å². The van der Waals surface area contributed by atoms with Crippen molar-refractivity contribution in [3.05, 3.63) is 56.9 Å². The number of hydrogen-bond acceptors (Lipinski definition) is 14. The van der Waals surface area contributed by atoms with Gasteiger partial charge in [0.2, 0.25) is 0 Å². The zero-order valence-corrected chi connectivity index (χ0v) is 36.7. The van der Waals surface area contributed by atoms with E-state index >= 15 is 4.39 Å². The number of nitrogens with one attached hydrogen (secondary N) is 1. The van der Waals surface area contributed by atoms with Crippen LogP contribution in [0.25, 0.3) is 0 Å². The number of halogens is 1. The molecule has 1 aromatic heterocycles. The number of phosphoric acid groups is 1. The highest BCUT2D eigenvalue weighted by molar-refractivity contribution is 7.48. The summed E-state index contributed by atoms with van der Waals surface area (Å²) in [6.45, 7) is 12.4. The lowest BCUT2D eigenvalue weighted by molar-refractivity contribution is -0.219. The van der Waals surface area contributed by atoms with Crippen LogP contribution in [0.1, 0.15) is 79.9 Å². The minimum Gasteiger partial charge on any atom is -0.407 e. The van der Waals surface area contributed by atoms with Gasteiger partial charge in [-0.1, -0.05) is 46.3 Å². The van der Waals surface area contributed by atoms with Gasteiger partial charge in [0, 0.05) is 29.0 Å². The van der Waals surface area contributed by atoms with Crippen LogP contribution < -0.4 is 11.2 Å². The van der Waals surface area contributed by atoms with E-state index in [2.05, 4.69) is 4.98 Å². The fourth-order valence-electron chi connectivity index (χ4n) is 10.3. The lowest BCUT2D eigenvalue weighted by Crippen LogP contribution is -2.69. The summed E-state index contributed by atoms with van der Waals surface area (Å²) in [6, 6.07) is 2.96. The molecule has 326 valence electrons. The van der Waals surface area contributed by atoms with Crippen molar-refractivity contribution in [2.24, 2.45) is 28.6 Å². The second-order valence-corrected chi connectivity index (χ2v) is 25.1. The maximum absolute atomic E-state index is 17.7. The fourth-order valence-corrected chi connectivity index (χ4v) is 12.9. The molecule has 19 heteroatoms. The molecule has 1 saturated heterocycles. The van der Waals surface area contributed by atoms with Crippen LogP contribution >= 0.6 is 7.82 Å². The number of carbonyl (C=O) groups is 2. The Morgan fingerprint density at radius 2 is 1.88 bits per heavy atom. The smallest absolute Gasteiger partial charge is 0.407 e. The number of aliphatic hydroxyl groups excluding tert-OH is 2. The normalized spacial score (nSPS) is 39.1. The number of aromatic nitrogens is 2. The highest BCUT2D eigenvalue weighted by Crippen LogP contribution is 2.71. The summed E-state index contributed by atoms with van der Waals surface area (Å²) in [4.78, 5) is 53.8. The van der Waals surface area contributed by atoms with Crippen molar-refractivity contribution >= 4 is 27.7 Å². The van der Waals surface area contributed by atoms with Gasteiger partial charge in [-0.05, 0) is 74.7 Å². The van der Waals surface area contributed by atoms with Crippen molar-refractivity contribution in [3.63, 3.8) is 0 Å². The first-order chi connectivity index (χ1) is 27.3. The molecule has 2 unspecified atom stereocenters. The van der Waals surface area contributed by atoms with Crippen LogP contribution in [0.3, 0.4) is 0 Å². The van der Waals surface area contributed by atoms with E-state index in [1.807, 2.05) is 39.9 Å².